The van der Waals surface area contributed by atoms with Crippen LogP contribution in [0.15, 0.2) is 0 Å². The van der Waals surface area contributed by atoms with E-state index in [1.54, 1.807) is 0 Å². The van der Waals surface area contributed by atoms with E-state index in [2.05, 4.69) is 17.4 Å². The molecule has 0 saturated heterocycles. The first kappa shape index (κ1) is 10.2. The monoisotopic (exact) mass is 184 g/mol. The van der Waals surface area contributed by atoms with Gasteiger partial charge in [0.1, 0.15) is 0 Å². The Hall–Kier alpha value is 0.220. The highest BCUT2D eigenvalue weighted by molar-refractivity contribution is 7.87. The Morgan fingerprint density at radius 1 is 1.50 bits per heavy atom. The highest BCUT2D eigenvalue weighted by atomic mass is 32.2. The van der Waals surface area contributed by atoms with Crippen LogP contribution in [-0.2, 0) is 10.2 Å². The Kier molecular flexibility index (Phi) is 4.26. The molecular weight excluding hydrogens is 172 g/mol. The lowest BCUT2D eigenvalue weighted by molar-refractivity contribution is 0.508. The second-order valence-electron chi connectivity index (χ2n) is 1.91. The molecule has 4 nitrogen and oxygen atoms in total. The summed E-state index contributed by atoms with van der Waals surface area (Å²) in [6.45, 7) is 0.365. The SMILES string of the molecule is CN(C)S(=O)(=O)NCCS. The molecule has 0 heterocycles. The van der Waals surface area contributed by atoms with E-state index in [4.69, 9.17) is 0 Å². The summed E-state index contributed by atoms with van der Waals surface area (Å²) in [6.07, 6.45) is 0. The predicted octanol–water partition coefficient (Wildman–Crippen LogP) is -0.688. The van der Waals surface area contributed by atoms with Crippen molar-refractivity contribution in [3.8, 4) is 0 Å². The van der Waals surface area contributed by atoms with Crippen molar-refractivity contribution in [2.24, 2.45) is 0 Å². The van der Waals surface area contributed by atoms with Crippen LogP contribution >= 0.6 is 12.6 Å². The van der Waals surface area contributed by atoms with Crippen LogP contribution in [-0.4, -0.2) is 39.1 Å². The molecular formula is C4H12N2O2S2. The molecule has 0 aliphatic carbocycles. The molecule has 0 fully saturated rings. The van der Waals surface area contributed by atoms with Gasteiger partial charge in [-0.25, -0.2) is 4.72 Å². The molecule has 0 spiro atoms. The average molecular weight is 184 g/mol. The lowest BCUT2D eigenvalue weighted by atomic mass is 10.8. The van der Waals surface area contributed by atoms with Gasteiger partial charge in [0, 0.05) is 26.4 Å². The lowest BCUT2D eigenvalue weighted by Crippen LogP contribution is -2.36. The summed E-state index contributed by atoms with van der Waals surface area (Å²) in [5.74, 6) is 0.507. The summed E-state index contributed by atoms with van der Waals surface area (Å²) in [7, 11) is -0.280. The number of nitrogens with one attached hydrogen (secondary N) is 1. The number of rotatable bonds is 4. The third-order valence-corrected chi connectivity index (χ3v) is 2.63. The maximum Gasteiger partial charge on any atom is 0.278 e. The Balaban J connectivity index is 3.90. The molecule has 0 radical (unpaired) electrons. The molecule has 10 heavy (non-hydrogen) atoms. The van der Waals surface area contributed by atoms with Gasteiger partial charge >= 0.3 is 0 Å². The largest absolute Gasteiger partial charge is 0.278 e. The molecule has 0 aromatic heterocycles. The molecule has 0 aromatic carbocycles. The maximum atomic E-state index is 10.9. The predicted molar refractivity (Wildman–Crippen MR) is 44.5 cm³/mol. The smallest absolute Gasteiger partial charge is 0.201 e. The fourth-order valence-electron chi connectivity index (χ4n) is 0.304. The fourth-order valence-corrected chi connectivity index (χ4v) is 1.19. The zero-order valence-corrected chi connectivity index (χ0v) is 7.74. The van der Waals surface area contributed by atoms with E-state index in [1.165, 1.54) is 14.1 Å². The van der Waals surface area contributed by atoms with Gasteiger partial charge in [-0.2, -0.15) is 25.4 Å². The van der Waals surface area contributed by atoms with E-state index in [0.29, 0.717) is 12.3 Å². The first-order valence-corrected chi connectivity index (χ1v) is 4.86. The van der Waals surface area contributed by atoms with Gasteiger partial charge in [-0.05, 0) is 0 Å². The van der Waals surface area contributed by atoms with E-state index in [9.17, 15) is 8.42 Å². The van der Waals surface area contributed by atoms with Crippen molar-refractivity contribution in [3.05, 3.63) is 0 Å². The van der Waals surface area contributed by atoms with Gasteiger partial charge in [0.2, 0.25) is 0 Å². The van der Waals surface area contributed by atoms with Crippen molar-refractivity contribution in [1.82, 2.24) is 9.03 Å². The molecule has 0 rings (SSSR count). The van der Waals surface area contributed by atoms with Crippen LogP contribution in [0.2, 0.25) is 0 Å². The molecule has 0 unspecified atom stereocenters. The van der Waals surface area contributed by atoms with E-state index in [-0.39, 0.29) is 0 Å². The number of nitrogens with zero attached hydrogens (tertiary/aromatic N) is 1. The standard InChI is InChI=1S/C4H12N2O2S2/c1-6(2)10(7,8)5-3-4-9/h5,9H,3-4H2,1-2H3. The maximum absolute atomic E-state index is 10.9. The van der Waals surface area contributed by atoms with Crippen LogP contribution in [0.1, 0.15) is 0 Å². The zero-order chi connectivity index (χ0) is 8.20. The summed E-state index contributed by atoms with van der Waals surface area (Å²) in [6, 6.07) is 0. The Morgan fingerprint density at radius 3 is 2.30 bits per heavy atom. The van der Waals surface area contributed by atoms with Gasteiger partial charge < -0.3 is 0 Å². The highest BCUT2D eigenvalue weighted by Gasteiger charge is 2.10. The van der Waals surface area contributed by atoms with Crippen molar-refractivity contribution < 1.29 is 8.42 Å². The van der Waals surface area contributed by atoms with Crippen molar-refractivity contribution in [2.75, 3.05) is 26.4 Å². The molecule has 0 bridgehead atoms. The second-order valence-corrected chi connectivity index (χ2v) is 4.32. The van der Waals surface area contributed by atoms with Crippen LogP contribution in [0.3, 0.4) is 0 Å². The quantitative estimate of drug-likeness (QED) is 0.568. The van der Waals surface area contributed by atoms with Gasteiger partial charge in [0.15, 0.2) is 0 Å². The van der Waals surface area contributed by atoms with E-state index < -0.39 is 10.2 Å². The molecule has 0 aromatic rings. The van der Waals surface area contributed by atoms with Crippen LogP contribution in [0, 0.1) is 0 Å². The minimum atomic E-state index is -3.23. The Labute approximate surface area is 67.2 Å². The fraction of sp³-hybridized carbons (Fsp3) is 1.00. The highest BCUT2D eigenvalue weighted by Crippen LogP contribution is 1.86. The van der Waals surface area contributed by atoms with Gasteiger partial charge in [-0.1, -0.05) is 0 Å². The molecule has 1 N–H and O–H groups in total. The normalized spacial score (nSPS) is 12.4. The number of hydrogen-bond acceptors (Lipinski definition) is 3. The Bertz CT molecular complexity index is 176. The third-order valence-electron chi connectivity index (χ3n) is 0.877. The first-order valence-electron chi connectivity index (χ1n) is 2.78. The molecule has 0 saturated carbocycles. The van der Waals surface area contributed by atoms with E-state index in [1.807, 2.05) is 0 Å². The van der Waals surface area contributed by atoms with Crippen molar-refractivity contribution in [2.45, 2.75) is 0 Å². The zero-order valence-electron chi connectivity index (χ0n) is 6.03. The van der Waals surface area contributed by atoms with Crippen molar-refractivity contribution in [1.29, 1.82) is 0 Å². The lowest BCUT2D eigenvalue weighted by Gasteiger charge is -2.10. The topological polar surface area (TPSA) is 49.4 Å². The molecule has 0 aliphatic heterocycles. The van der Waals surface area contributed by atoms with Crippen LogP contribution < -0.4 is 4.72 Å². The van der Waals surface area contributed by atoms with Gasteiger partial charge in [0.25, 0.3) is 10.2 Å². The second kappa shape index (κ2) is 4.17. The van der Waals surface area contributed by atoms with E-state index >= 15 is 0 Å². The molecule has 62 valence electrons. The number of thiol groups is 1. The van der Waals surface area contributed by atoms with E-state index in [0.717, 1.165) is 4.31 Å². The summed E-state index contributed by atoms with van der Waals surface area (Å²) < 4.78 is 25.2. The Morgan fingerprint density at radius 2 is 2.00 bits per heavy atom. The average Bonchev–Trinajstić information content (AvgIpc) is 1.84. The van der Waals surface area contributed by atoms with Crippen molar-refractivity contribution in [3.63, 3.8) is 0 Å². The first-order chi connectivity index (χ1) is 4.50. The summed E-state index contributed by atoms with van der Waals surface area (Å²) in [4.78, 5) is 0. The number of hydrogen-bond donors (Lipinski definition) is 2. The summed E-state index contributed by atoms with van der Waals surface area (Å²) in [5, 5.41) is 0. The van der Waals surface area contributed by atoms with Crippen LogP contribution in [0.25, 0.3) is 0 Å². The minimum absolute atomic E-state index is 0.365. The third kappa shape index (κ3) is 3.40. The van der Waals surface area contributed by atoms with Gasteiger partial charge in [0.05, 0.1) is 0 Å². The van der Waals surface area contributed by atoms with Crippen molar-refractivity contribution >= 4 is 22.8 Å². The minimum Gasteiger partial charge on any atom is -0.201 e. The molecule has 0 amide bonds. The molecule has 6 heteroatoms. The summed E-state index contributed by atoms with van der Waals surface area (Å²) in [5.41, 5.74) is 0. The molecule has 0 atom stereocenters. The van der Waals surface area contributed by atoms with Crippen LogP contribution in [0.5, 0.6) is 0 Å². The van der Waals surface area contributed by atoms with Gasteiger partial charge in [-0.3, -0.25) is 0 Å². The van der Waals surface area contributed by atoms with Crippen LogP contribution in [0.4, 0.5) is 0 Å². The summed E-state index contributed by atoms with van der Waals surface area (Å²) >= 11 is 3.86. The van der Waals surface area contributed by atoms with Gasteiger partial charge in [-0.15, -0.1) is 0 Å². The molecule has 0 aliphatic rings.